The molecule has 0 N–H and O–H groups in total. The zero-order valence-electron chi connectivity index (χ0n) is 9.45. The van der Waals surface area contributed by atoms with Crippen LogP contribution in [0.2, 0.25) is 10.0 Å². The van der Waals surface area contributed by atoms with Crippen LogP contribution < -0.4 is 5.43 Å². The van der Waals surface area contributed by atoms with Gasteiger partial charge in [-0.15, -0.1) is 0 Å². The molecule has 0 saturated carbocycles. The second-order valence-electron chi connectivity index (χ2n) is 3.75. The topological polar surface area (TPSA) is 45.8 Å². The molecule has 0 saturated heterocycles. The summed E-state index contributed by atoms with van der Waals surface area (Å²) in [7, 11) is 0. The van der Waals surface area contributed by atoms with Crippen molar-refractivity contribution in [3.05, 3.63) is 62.0 Å². The molecule has 1 aromatic carbocycles. The fourth-order valence-corrected chi connectivity index (χ4v) is 2.04. The lowest BCUT2D eigenvalue weighted by Crippen LogP contribution is -2.12. The second kappa shape index (κ2) is 4.85. The predicted octanol–water partition coefficient (Wildman–Crippen LogP) is 3.32. The molecule has 3 nitrogen and oxygen atoms in total. The van der Waals surface area contributed by atoms with Gasteiger partial charge in [0.15, 0.2) is 5.43 Å². The standard InChI is InChI=1S/C13H8Cl2N2O/c1-8-5-12(18)9(6-16)7-17(8)11-4-2-3-10(14)13(11)15/h2-5,7H,1H3. The molecule has 0 fully saturated rings. The minimum absolute atomic E-state index is 0.0663. The molecule has 0 aliphatic heterocycles. The van der Waals surface area contributed by atoms with Gasteiger partial charge in [-0.05, 0) is 19.1 Å². The summed E-state index contributed by atoms with van der Waals surface area (Å²) in [6, 6.07) is 8.46. The van der Waals surface area contributed by atoms with Gasteiger partial charge in [0, 0.05) is 18.0 Å². The molecule has 0 bridgehead atoms. The van der Waals surface area contributed by atoms with Crippen LogP contribution in [0.25, 0.3) is 5.69 Å². The van der Waals surface area contributed by atoms with Crippen molar-refractivity contribution < 1.29 is 0 Å². The van der Waals surface area contributed by atoms with Gasteiger partial charge in [0.2, 0.25) is 0 Å². The smallest absolute Gasteiger partial charge is 0.199 e. The molecule has 90 valence electrons. The van der Waals surface area contributed by atoms with Crippen molar-refractivity contribution in [1.29, 1.82) is 5.26 Å². The van der Waals surface area contributed by atoms with E-state index in [0.717, 1.165) is 0 Å². The lowest BCUT2D eigenvalue weighted by molar-refractivity contribution is 0.968. The number of benzene rings is 1. The van der Waals surface area contributed by atoms with Crippen molar-refractivity contribution in [2.45, 2.75) is 6.92 Å². The number of hydrogen-bond acceptors (Lipinski definition) is 2. The van der Waals surface area contributed by atoms with Crippen LogP contribution >= 0.6 is 23.2 Å². The van der Waals surface area contributed by atoms with Gasteiger partial charge in [-0.2, -0.15) is 5.26 Å². The van der Waals surface area contributed by atoms with Crippen molar-refractivity contribution in [2.75, 3.05) is 0 Å². The van der Waals surface area contributed by atoms with Gasteiger partial charge in [-0.1, -0.05) is 29.3 Å². The maximum atomic E-state index is 11.5. The van der Waals surface area contributed by atoms with E-state index in [-0.39, 0.29) is 11.0 Å². The number of aryl methyl sites for hydroxylation is 1. The Morgan fingerprint density at radius 2 is 2.06 bits per heavy atom. The van der Waals surface area contributed by atoms with Crippen LogP contribution in [0.3, 0.4) is 0 Å². The number of pyridine rings is 1. The molecule has 0 aliphatic rings. The Hall–Kier alpha value is -1.76. The zero-order valence-corrected chi connectivity index (χ0v) is 11.0. The number of nitriles is 1. The highest BCUT2D eigenvalue weighted by Gasteiger charge is 2.09. The molecule has 0 unspecified atom stereocenters. The molecular weight excluding hydrogens is 271 g/mol. The Kier molecular flexibility index (Phi) is 3.42. The van der Waals surface area contributed by atoms with Crippen LogP contribution in [0, 0.1) is 18.3 Å². The summed E-state index contributed by atoms with van der Waals surface area (Å²) >= 11 is 12.1. The first-order chi connectivity index (χ1) is 8.54. The quantitative estimate of drug-likeness (QED) is 0.803. The highest BCUT2D eigenvalue weighted by molar-refractivity contribution is 6.43. The summed E-state index contributed by atoms with van der Waals surface area (Å²) in [6.45, 7) is 1.76. The van der Waals surface area contributed by atoms with Crippen LogP contribution in [0.1, 0.15) is 11.3 Å². The summed E-state index contributed by atoms with van der Waals surface area (Å²) in [4.78, 5) is 11.5. The molecule has 5 heteroatoms. The fraction of sp³-hybridized carbons (Fsp3) is 0.0769. The van der Waals surface area contributed by atoms with Crippen molar-refractivity contribution in [2.24, 2.45) is 0 Å². The van der Waals surface area contributed by atoms with Gasteiger partial charge in [-0.3, -0.25) is 4.79 Å². The maximum Gasteiger partial charge on any atom is 0.199 e. The van der Waals surface area contributed by atoms with E-state index in [9.17, 15) is 4.79 Å². The van der Waals surface area contributed by atoms with Crippen LogP contribution in [0.4, 0.5) is 0 Å². The first-order valence-corrected chi connectivity index (χ1v) is 5.88. The minimum Gasteiger partial charge on any atom is -0.318 e. The number of nitrogens with zero attached hydrogens (tertiary/aromatic N) is 2. The molecule has 0 aliphatic carbocycles. The molecule has 0 spiro atoms. The summed E-state index contributed by atoms with van der Waals surface area (Å²) in [5.41, 5.74) is 1.09. The Balaban J connectivity index is 2.76. The molecule has 0 amide bonds. The normalized spacial score (nSPS) is 10.1. The molecule has 0 radical (unpaired) electrons. The lowest BCUT2D eigenvalue weighted by Gasteiger charge is -2.13. The van der Waals surface area contributed by atoms with Crippen LogP contribution in [-0.2, 0) is 0 Å². The molecule has 1 heterocycles. The maximum absolute atomic E-state index is 11.5. The molecule has 0 atom stereocenters. The third-order valence-corrected chi connectivity index (χ3v) is 3.36. The first kappa shape index (κ1) is 12.7. The van der Waals surface area contributed by atoms with E-state index in [1.54, 1.807) is 29.7 Å². The van der Waals surface area contributed by atoms with E-state index >= 15 is 0 Å². The van der Waals surface area contributed by atoms with Gasteiger partial charge in [0.25, 0.3) is 0 Å². The lowest BCUT2D eigenvalue weighted by atomic mass is 10.2. The van der Waals surface area contributed by atoms with Crippen molar-refractivity contribution in [1.82, 2.24) is 4.57 Å². The van der Waals surface area contributed by atoms with E-state index in [1.165, 1.54) is 12.3 Å². The van der Waals surface area contributed by atoms with Crippen molar-refractivity contribution >= 4 is 23.2 Å². The van der Waals surface area contributed by atoms with Crippen molar-refractivity contribution in [3.8, 4) is 11.8 Å². The van der Waals surface area contributed by atoms with Crippen LogP contribution in [0.15, 0.2) is 35.3 Å². The van der Waals surface area contributed by atoms with Gasteiger partial charge in [0.05, 0.1) is 15.7 Å². The number of hydrogen-bond donors (Lipinski definition) is 0. The zero-order chi connectivity index (χ0) is 13.3. The van der Waals surface area contributed by atoms with E-state index in [4.69, 9.17) is 28.5 Å². The fourth-order valence-electron chi connectivity index (χ4n) is 1.65. The Labute approximate surface area is 114 Å². The average molecular weight is 279 g/mol. The Morgan fingerprint density at radius 3 is 2.72 bits per heavy atom. The second-order valence-corrected chi connectivity index (χ2v) is 4.53. The summed E-state index contributed by atoms with van der Waals surface area (Å²) in [6.07, 6.45) is 1.47. The van der Waals surface area contributed by atoms with Crippen LogP contribution in [0.5, 0.6) is 0 Å². The Bertz CT molecular complexity index is 714. The number of aromatic nitrogens is 1. The first-order valence-electron chi connectivity index (χ1n) is 5.12. The van der Waals surface area contributed by atoms with E-state index in [2.05, 4.69) is 0 Å². The predicted molar refractivity (Wildman–Crippen MR) is 71.5 cm³/mol. The number of halogens is 2. The monoisotopic (exact) mass is 278 g/mol. The van der Waals surface area contributed by atoms with Gasteiger partial charge in [0.1, 0.15) is 11.6 Å². The van der Waals surface area contributed by atoms with Gasteiger partial charge < -0.3 is 4.57 Å². The Morgan fingerprint density at radius 1 is 1.33 bits per heavy atom. The molecule has 2 rings (SSSR count). The van der Waals surface area contributed by atoms with Gasteiger partial charge in [-0.25, -0.2) is 0 Å². The SMILES string of the molecule is Cc1cc(=O)c(C#N)cn1-c1cccc(Cl)c1Cl. The molecule has 18 heavy (non-hydrogen) atoms. The van der Waals surface area contributed by atoms with Crippen LogP contribution in [-0.4, -0.2) is 4.57 Å². The van der Waals surface area contributed by atoms with Crippen molar-refractivity contribution in [3.63, 3.8) is 0 Å². The average Bonchev–Trinajstić information content (AvgIpc) is 2.34. The number of rotatable bonds is 1. The van der Waals surface area contributed by atoms with E-state index in [1.807, 2.05) is 6.07 Å². The highest BCUT2D eigenvalue weighted by Crippen LogP contribution is 2.28. The highest BCUT2D eigenvalue weighted by atomic mass is 35.5. The largest absolute Gasteiger partial charge is 0.318 e. The molecular formula is C13H8Cl2N2O. The minimum atomic E-state index is -0.301. The van der Waals surface area contributed by atoms with Gasteiger partial charge >= 0.3 is 0 Å². The van der Waals surface area contributed by atoms with E-state index < -0.39 is 0 Å². The third kappa shape index (κ3) is 2.13. The summed E-state index contributed by atoms with van der Waals surface area (Å²) in [5, 5.41) is 9.69. The molecule has 2 aromatic rings. The summed E-state index contributed by atoms with van der Waals surface area (Å²) in [5.74, 6) is 0. The third-order valence-electron chi connectivity index (χ3n) is 2.55. The molecule has 1 aromatic heterocycles. The summed E-state index contributed by atoms with van der Waals surface area (Å²) < 4.78 is 1.67. The van der Waals surface area contributed by atoms with E-state index in [0.29, 0.717) is 21.4 Å².